The van der Waals surface area contributed by atoms with Crippen LogP contribution in [0.5, 0.6) is 5.88 Å². The number of aromatic nitrogens is 2. The average Bonchev–Trinajstić information content (AvgIpc) is 2.17. The van der Waals surface area contributed by atoms with Gasteiger partial charge in [-0.3, -0.25) is 4.79 Å². The Morgan fingerprint density at radius 2 is 2.33 bits per heavy atom. The van der Waals surface area contributed by atoms with Crippen LogP contribution in [0.25, 0.3) is 0 Å². The van der Waals surface area contributed by atoms with Crippen LogP contribution in [0.2, 0.25) is 5.28 Å². The number of fused-ring (bicyclic) bond motifs is 1. The van der Waals surface area contributed by atoms with Gasteiger partial charge in [0.25, 0.3) is 5.91 Å². The van der Waals surface area contributed by atoms with Gasteiger partial charge in [0.1, 0.15) is 5.56 Å². The number of ether oxygens (including phenoxy) is 1. The Morgan fingerprint density at radius 3 is 3.07 bits per heavy atom. The van der Waals surface area contributed by atoms with Crippen molar-refractivity contribution < 1.29 is 9.53 Å². The van der Waals surface area contributed by atoms with Gasteiger partial charge in [0.2, 0.25) is 11.2 Å². The van der Waals surface area contributed by atoms with E-state index in [0.29, 0.717) is 30.8 Å². The van der Waals surface area contributed by atoms with Crippen molar-refractivity contribution in [2.75, 3.05) is 13.2 Å². The molecular formula is C9H10ClN3O2. The minimum atomic E-state index is -0.198. The van der Waals surface area contributed by atoms with E-state index < -0.39 is 0 Å². The molecule has 1 aromatic heterocycles. The molecule has 0 bridgehead atoms. The lowest BCUT2D eigenvalue weighted by molar-refractivity contribution is 0.0939. The molecule has 1 aromatic rings. The fourth-order valence-electron chi connectivity index (χ4n) is 1.49. The SMILES string of the molecule is CCOc1nc(Cl)nc2c1C(=O)NCC2. The number of nitrogens with one attached hydrogen (secondary N) is 1. The zero-order chi connectivity index (χ0) is 10.8. The summed E-state index contributed by atoms with van der Waals surface area (Å²) in [5.41, 5.74) is 1.06. The lowest BCUT2D eigenvalue weighted by Crippen LogP contribution is -2.33. The Hall–Kier alpha value is -1.36. The Kier molecular flexibility index (Phi) is 2.73. The molecule has 0 aromatic carbocycles. The van der Waals surface area contributed by atoms with Crippen LogP contribution in [0.4, 0.5) is 0 Å². The number of carbonyl (C=O) groups excluding carboxylic acids is 1. The van der Waals surface area contributed by atoms with Crippen molar-refractivity contribution in [2.45, 2.75) is 13.3 Å². The first kappa shape index (κ1) is 10.2. The highest BCUT2D eigenvalue weighted by Gasteiger charge is 2.24. The normalized spacial score (nSPS) is 14.4. The zero-order valence-corrected chi connectivity index (χ0v) is 8.97. The maximum Gasteiger partial charge on any atom is 0.258 e. The van der Waals surface area contributed by atoms with Gasteiger partial charge >= 0.3 is 0 Å². The molecular weight excluding hydrogens is 218 g/mol. The van der Waals surface area contributed by atoms with E-state index >= 15 is 0 Å². The van der Waals surface area contributed by atoms with Crippen molar-refractivity contribution in [3.63, 3.8) is 0 Å². The number of hydrogen-bond acceptors (Lipinski definition) is 4. The van der Waals surface area contributed by atoms with Crippen molar-refractivity contribution >= 4 is 17.5 Å². The molecule has 6 heteroatoms. The molecule has 2 rings (SSSR count). The van der Waals surface area contributed by atoms with Crippen LogP contribution in [-0.2, 0) is 6.42 Å². The summed E-state index contributed by atoms with van der Waals surface area (Å²) in [6.45, 7) is 2.83. The molecule has 0 unspecified atom stereocenters. The first-order chi connectivity index (χ1) is 7.22. The predicted octanol–water partition coefficient (Wildman–Crippen LogP) is 0.815. The lowest BCUT2D eigenvalue weighted by Gasteiger charge is -2.17. The maximum absolute atomic E-state index is 11.6. The van der Waals surface area contributed by atoms with Gasteiger partial charge in [-0.25, -0.2) is 4.98 Å². The van der Waals surface area contributed by atoms with E-state index in [0.717, 1.165) is 0 Å². The number of halogens is 1. The fourth-order valence-corrected chi connectivity index (χ4v) is 1.67. The molecule has 0 atom stereocenters. The second-order valence-corrected chi connectivity index (χ2v) is 3.40. The highest BCUT2D eigenvalue weighted by Crippen LogP contribution is 2.23. The second-order valence-electron chi connectivity index (χ2n) is 3.06. The van der Waals surface area contributed by atoms with Crippen LogP contribution < -0.4 is 10.1 Å². The summed E-state index contributed by atoms with van der Waals surface area (Å²) in [5.74, 6) is 0.0704. The van der Waals surface area contributed by atoms with Crippen molar-refractivity contribution in [1.82, 2.24) is 15.3 Å². The molecule has 1 N–H and O–H groups in total. The highest BCUT2D eigenvalue weighted by molar-refractivity contribution is 6.28. The molecule has 1 amide bonds. The molecule has 1 aliphatic heterocycles. The average molecular weight is 228 g/mol. The van der Waals surface area contributed by atoms with Gasteiger partial charge in [0.05, 0.1) is 12.3 Å². The summed E-state index contributed by atoms with van der Waals surface area (Å²) in [7, 11) is 0. The van der Waals surface area contributed by atoms with E-state index in [9.17, 15) is 4.79 Å². The van der Waals surface area contributed by atoms with E-state index in [2.05, 4.69) is 15.3 Å². The number of carbonyl (C=O) groups is 1. The number of nitrogens with zero attached hydrogens (tertiary/aromatic N) is 2. The molecule has 0 spiro atoms. The smallest absolute Gasteiger partial charge is 0.258 e. The van der Waals surface area contributed by atoms with Crippen molar-refractivity contribution in [3.8, 4) is 5.88 Å². The molecule has 15 heavy (non-hydrogen) atoms. The van der Waals surface area contributed by atoms with E-state index in [1.54, 1.807) is 0 Å². The van der Waals surface area contributed by atoms with E-state index in [1.165, 1.54) is 0 Å². The van der Waals surface area contributed by atoms with Crippen molar-refractivity contribution in [3.05, 3.63) is 16.5 Å². The molecule has 0 aliphatic carbocycles. The van der Waals surface area contributed by atoms with E-state index in [1.807, 2.05) is 6.92 Å². The van der Waals surface area contributed by atoms with Gasteiger partial charge in [-0.05, 0) is 18.5 Å². The number of rotatable bonds is 2. The molecule has 0 fully saturated rings. The summed E-state index contributed by atoms with van der Waals surface area (Å²) in [6, 6.07) is 0. The molecule has 1 aliphatic rings. The van der Waals surface area contributed by atoms with Gasteiger partial charge in [0, 0.05) is 13.0 Å². The highest BCUT2D eigenvalue weighted by atomic mass is 35.5. The third kappa shape index (κ3) is 1.87. The molecule has 5 nitrogen and oxygen atoms in total. The quantitative estimate of drug-likeness (QED) is 0.760. The van der Waals surface area contributed by atoms with Crippen molar-refractivity contribution in [1.29, 1.82) is 0 Å². The van der Waals surface area contributed by atoms with Crippen LogP contribution in [0.15, 0.2) is 0 Å². The summed E-state index contributed by atoms with van der Waals surface area (Å²) < 4.78 is 5.26. The van der Waals surface area contributed by atoms with Crippen LogP contribution >= 0.6 is 11.6 Å². The third-order valence-corrected chi connectivity index (χ3v) is 2.25. The Labute approximate surface area is 91.8 Å². The van der Waals surface area contributed by atoms with Gasteiger partial charge < -0.3 is 10.1 Å². The Balaban J connectivity index is 2.53. The largest absolute Gasteiger partial charge is 0.477 e. The minimum absolute atomic E-state index is 0.118. The van der Waals surface area contributed by atoms with Crippen LogP contribution in [-0.4, -0.2) is 29.0 Å². The standard InChI is InChI=1S/C9H10ClN3O2/c1-2-15-8-6-5(12-9(10)13-8)3-4-11-7(6)14/h2-4H2,1H3,(H,11,14). The topological polar surface area (TPSA) is 64.1 Å². The molecule has 2 heterocycles. The lowest BCUT2D eigenvalue weighted by atomic mass is 10.1. The predicted molar refractivity (Wildman–Crippen MR) is 54.2 cm³/mol. The van der Waals surface area contributed by atoms with Crippen LogP contribution in [0.3, 0.4) is 0 Å². The van der Waals surface area contributed by atoms with Gasteiger partial charge in [0.15, 0.2) is 0 Å². The van der Waals surface area contributed by atoms with Gasteiger partial charge in [-0.2, -0.15) is 4.98 Å². The minimum Gasteiger partial charge on any atom is -0.477 e. The fraction of sp³-hybridized carbons (Fsp3) is 0.444. The third-order valence-electron chi connectivity index (χ3n) is 2.08. The molecule has 0 radical (unpaired) electrons. The Bertz CT molecular complexity index is 409. The van der Waals surface area contributed by atoms with E-state index in [-0.39, 0.29) is 17.1 Å². The molecule has 80 valence electrons. The van der Waals surface area contributed by atoms with Crippen LogP contribution in [0, 0.1) is 0 Å². The van der Waals surface area contributed by atoms with Gasteiger partial charge in [-0.15, -0.1) is 0 Å². The maximum atomic E-state index is 11.6. The van der Waals surface area contributed by atoms with Crippen LogP contribution in [0.1, 0.15) is 23.0 Å². The summed E-state index contributed by atoms with van der Waals surface area (Å²) in [4.78, 5) is 19.5. The summed E-state index contributed by atoms with van der Waals surface area (Å²) in [6.07, 6.45) is 0.656. The first-order valence-corrected chi connectivity index (χ1v) is 5.07. The Morgan fingerprint density at radius 1 is 1.53 bits per heavy atom. The van der Waals surface area contributed by atoms with Crippen molar-refractivity contribution in [2.24, 2.45) is 0 Å². The second kappa shape index (κ2) is 4.02. The monoisotopic (exact) mass is 227 g/mol. The van der Waals surface area contributed by atoms with E-state index in [4.69, 9.17) is 16.3 Å². The summed E-state index contributed by atoms with van der Waals surface area (Å²) in [5, 5.41) is 2.83. The number of hydrogen-bond donors (Lipinski definition) is 1. The summed E-state index contributed by atoms with van der Waals surface area (Å²) >= 11 is 5.73. The number of amides is 1. The first-order valence-electron chi connectivity index (χ1n) is 4.69. The van der Waals surface area contributed by atoms with Gasteiger partial charge in [-0.1, -0.05) is 0 Å². The zero-order valence-electron chi connectivity index (χ0n) is 8.21. The molecule has 0 saturated heterocycles. The molecule has 0 saturated carbocycles.